The highest BCUT2D eigenvalue weighted by molar-refractivity contribution is 5.97. The smallest absolute Gasteiger partial charge is 0.258 e. The number of hydrogen-bond acceptors (Lipinski definition) is 5. The van der Waals surface area contributed by atoms with Crippen LogP contribution in [0.1, 0.15) is 28.4 Å². The number of halogens is 2. The van der Waals surface area contributed by atoms with E-state index in [2.05, 4.69) is 15.4 Å². The molecule has 2 atom stereocenters. The molecule has 1 aliphatic heterocycles. The van der Waals surface area contributed by atoms with Gasteiger partial charge in [0, 0.05) is 25.0 Å². The fourth-order valence-corrected chi connectivity index (χ4v) is 4.18. The number of amides is 1. The molecule has 1 aliphatic rings. The highest BCUT2D eigenvalue weighted by atomic mass is 19.1. The van der Waals surface area contributed by atoms with Crippen molar-refractivity contribution in [1.82, 2.24) is 19.9 Å². The molecule has 2 aromatic heterocycles. The minimum atomic E-state index is -0.800. The van der Waals surface area contributed by atoms with Crippen LogP contribution >= 0.6 is 0 Å². The van der Waals surface area contributed by atoms with Crippen molar-refractivity contribution in [2.75, 3.05) is 11.4 Å². The number of carbonyl (C=O) groups is 1. The summed E-state index contributed by atoms with van der Waals surface area (Å²) in [5.74, 6) is -1.65. The van der Waals surface area contributed by atoms with E-state index in [0.29, 0.717) is 24.4 Å². The summed E-state index contributed by atoms with van der Waals surface area (Å²) in [4.78, 5) is 18.9. The van der Waals surface area contributed by atoms with Crippen LogP contribution in [0.25, 0.3) is 5.65 Å². The second-order valence-corrected chi connectivity index (χ2v) is 7.68. The van der Waals surface area contributed by atoms with E-state index < -0.39 is 23.0 Å². The van der Waals surface area contributed by atoms with Crippen molar-refractivity contribution in [1.29, 1.82) is 0 Å². The number of fused-ring (bicyclic) bond motifs is 1. The predicted octanol–water partition coefficient (Wildman–Crippen LogP) is 3.46. The Balaban J connectivity index is 1.46. The van der Waals surface area contributed by atoms with Gasteiger partial charge in [-0.3, -0.25) is 4.79 Å². The molecule has 0 unspecified atom stereocenters. The molecular formula is C23H19F2N5O2. The highest BCUT2D eigenvalue weighted by Crippen LogP contribution is 2.36. The summed E-state index contributed by atoms with van der Waals surface area (Å²) in [7, 11) is 0. The molecule has 1 fully saturated rings. The zero-order chi connectivity index (χ0) is 22.2. The molecule has 9 heteroatoms. The van der Waals surface area contributed by atoms with Crippen LogP contribution in [0.5, 0.6) is 5.75 Å². The average molecular weight is 435 g/mol. The summed E-state index contributed by atoms with van der Waals surface area (Å²) in [6.07, 6.45) is 3.82. The maximum absolute atomic E-state index is 14.1. The number of anilines is 1. The third-order valence-electron chi connectivity index (χ3n) is 5.62. The largest absolute Gasteiger partial charge is 0.507 e. The first-order valence-electron chi connectivity index (χ1n) is 10.1. The van der Waals surface area contributed by atoms with Gasteiger partial charge in [-0.05, 0) is 48.4 Å². The predicted molar refractivity (Wildman–Crippen MR) is 113 cm³/mol. The summed E-state index contributed by atoms with van der Waals surface area (Å²) in [6.45, 7) is 0.370. The average Bonchev–Trinajstić information content (AvgIpc) is 3.40. The molecule has 7 nitrogen and oxygen atoms in total. The lowest BCUT2D eigenvalue weighted by Gasteiger charge is -2.25. The number of nitrogens with zero attached hydrogens (tertiary/aromatic N) is 4. The van der Waals surface area contributed by atoms with Crippen molar-refractivity contribution in [3.63, 3.8) is 0 Å². The Labute approximate surface area is 181 Å². The van der Waals surface area contributed by atoms with Gasteiger partial charge in [0.05, 0.1) is 6.04 Å². The minimum absolute atomic E-state index is 0.265. The van der Waals surface area contributed by atoms with Crippen LogP contribution in [0.3, 0.4) is 0 Å². The van der Waals surface area contributed by atoms with E-state index in [1.54, 1.807) is 23.0 Å². The number of rotatable bonds is 4. The number of carbonyl (C=O) groups excluding carboxylic acids is 1. The zero-order valence-corrected chi connectivity index (χ0v) is 16.8. The second-order valence-electron chi connectivity index (χ2n) is 7.68. The lowest BCUT2D eigenvalue weighted by atomic mass is 10.0. The molecular weight excluding hydrogens is 416 g/mol. The molecule has 32 heavy (non-hydrogen) atoms. The maximum atomic E-state index is 14.1. The van der Waals surface area contributed by atoms with Crippen molar-refractivity contribution < 1.29 is 18.7 Å². The van der Waals surface area contributed by atoms with Crippen LogP contribution in [-0.4, -0.2) is 38.2 Å². The van der Waals surface area contributed by atoms with E-state index in [1.807, 2.05) is 23.1 Å². The van der Waals surface area contributed by atoms with E-state index in [0.717, 1.165) is 11.6 Å². The normalized spacial score (nSPS) is 18.2. The van der Waals surface area contributed by atoms with E-state index in [4.69, 9.17) is 0 Å². The topological polar surface area (TPSA) is 82.8 Å². The quantitative estimate of drug-likeness (QED) is 0.513. The molecule has 0 saturated carbocycles. The third kappa shape index (κ3) is 3.62. The summed E-state index contributed by atoms with van der Waals surface area (Å²) in [5.41, 5.74) is 1.03. The summed E-state index contributed by atoms with van der Waals surface area (Å²) >= 11 is 0. The zero-order valence-electron chi connectivity index (χ0n) is 16.8. The first-order valence-corrected chi connectivity index (χ1v) is 10.1. The number of phenolic OH excluding ortho intramolecular Hbond substituents is 1. The SMILES string of the molecule is O=C(N[C@H]1C[C@H](c2cccc(F)c2)N(c2ccc3nccn3n2)C1)c1c(O)cccc1F. The molecule has 162 valence electrons. The van der Waals surface area contributed by atoms with Crippen LogP contribution in [0, 0.1) is 11.6 Å². The van der Waals surface area contributed by atoms with Crippen LogP contribution in [0.15, 0.2) is 67.0 Å². The Morgan fingerprint density at radius 2 is 1.97 bits per heavy atom. The molecule has 0 spiro atoms. The van der Waals surface area contributed by atoms with Crippen molar-refractivity contribution in [2.24, 2.45) is 0 Å². The molecule has 3 heterocycles. The summed E-state index contributed by atoms with van der Waals surface area (Å²) < 4.78 is 29.7. The standard InChI is InChI=1S/C23H19F2N5O2/c24-15-4-1-3-14(11-15)18-12-16(27-23(32)22-17(25)5-2-6-19(22)31)13-29(18)21-8-7-20-26-9-10-30(20)28-21/h1-11,16,18,31H,12-13H2,(H,27,32)/t16-,18+/m0/s1. The fraction of sp³-hybridized carbons (Fsp3) is 0.174. The van der Waals surface area contributed by atoms with Crippen molar-refractivity contribution in [3.05, 3.63) is 89.8 Å². The molecule has 0 radical (unpaired) electrons. The van der Waals surface area contributed by atoms with E-state index >= 15 is 0 Å². The third-order valence-corrected chi connectivity index (χ3v) is 5.62. The van der Waals surface area contributed by atoms with Crippen molar-refractivity contribution >= 4 is 17.4 Å². The number of phenols is 1. The van der Waals surface area contributed by atoms with Crippen LogP contribution in [0.2, 0.25) is 0 Å². The lowest BCUT2D eigenvalue weighted by molar-refractivity contribution is 0.0933. The number of hydrogen-bond donors (Lipinski definition) is 2. The van der Waals surface area contributed by atoms with Gasteiger partial charge in [0.25, 0.3) is 5.91 Å². The fourth-order valence-electron chi connectivity index (χ4n) is 4.18. The number of imidazole rings is 1. The Morgan fingerprint density at radius 3 is 2.78 bits per heavy atom. The van der Waals surface area contributed by atoms with Crippen LogP contribution in [-0.2, 0) is 0 Å². The van der Waals surface area contributed by atoms with Gasteiger partial charge >= 0.3 is 0 Å². The van der Waals surface area contributed by atoms with Gasteiger partial charge in [-0.2, -0.15) is 0 Å². The Morgan fingerprint density at radius 1 is 1.12 bits per heavy atom. The molecule has 2 N–H and O–H groups in total. The number of aromatic hydroxyl groups is 1. The van der Waals surface area contributed by atoms with Gasteiger partial charge in [-0.1, -0.05) is 18.2 Å². The van der Waals surface area contributed by atoms with E-state index in [-0.39, 0.29) is 17.9 Å². The number of nitrogens with one attached hydrogen (secondary N) is 1. The first-order chi connectivity index (χ1) is 15.5. The molecule has 4 aromatic rings. The van der Waals surface area contributed by atoms with E-state index in [9.17, 15) is 18.7 Å². The number of aromatic nitrogens is 3. The van der Waals surface area contributed by atoms with Gasteiger partial charge in [0.1, 0.15) is 28.8 Å². The molecule has 1 amide bonds. The molecule has 1 saturated heterocycles. The minimum Gasteiger partial charge on any atom is -0.507 e. The molecule has 2 aromatic carbocycles. The van der Waals surface area contributed by atoms with Crippen LogP contribution in [0.4, 0.5) is 14.6 Å². The summed E-state index contributed by atoms with van der Waals surface area (Å²) in [5, 5.41) is 17.3. The van der Waals surface area contributed by atoms with Crippen molar-refractivity contribution in [3.8, 4) is 5.75 Å². The summed E-state index contributed by atoms with van der Waals surface area (Å²) in [6, 6.07) is 13.0. The van der Waals surface area contributed by atoms with Gasteiger partial charge in [-0.15, -0.1) is 5.10 Å². The van der Waals surface area contributed by atoms with E-state index in [1.165, 1.54) is 24.3 Å². The highest BCUT2D eigenvalue weighted by Gasteiger charge is 2.36. The first kappa shape index (κ1) is 19.9. The molecule has 0 aliphatic carbocycles. The Kier molecular flexibility index (Phi) is 4.93. The monoisotopic (exact) mass is 435 g/mol. The van der Waals surface area contributed by atoms with Gasteiger partial charge in [0.2, 0.25) is 0 Å². The van der Waals surface area contributed by atoms with Gasteiger partial charge in [-0.25, -0.2) is 18.3 Å². The van der Waals surface area contributed by atoms with Gasteiger partial charge in [0.15, 0.2) is 5.65 Å². The Hall–Kier alpha value is -4.01. The lowest BCUT2D eigenvalue weighted by Crippen LogP contribution is -2.37. The van der Waals surface area contributed by atoms with Crippen LogP contribution < -0.4 is 10.2 Å². The number of benzene rings is 2. The molecule has 5 rings (SSSR count). The van der Waals surface area contributed by atoms with Crippen molar-refractivity contribution in [2.45, 2.75) is 18.5 Å². The van der Waals surface area contributed by atoms with Gasteiger partial charge < -0.3 is 15.3 Å². The maximum Gasteiger partial charge on any atom is 0.258 e. The molecule has 0 bridgehead atoms. The Bertz CT molecular complexity index is 1290. The second kappa shape index (κ2) is 7.92.